The molecule has 1 fully saturated rings. The van der Waals surface area contributed by atoms with Gasteiger partial charge in [-0.25, -0.2) is 0 Å². The lowest BCUT2D eigenvalue weighted by Gasteiger charge is -2.37. The van der Waals surface area contributed by atoms with Crippen LogP contribution in [0.4, 0.5) is 18.9 Å². The zero-order chi connectivity index (χ0) is 13.9. The molecule has 0 amide bonds. The van der Waals surface area contributed by atoms with E-state index in [0.717, 1.165) is 25.0 Å². The number of benzene rings is 1. The number of rotatable bonds is 3. The van der Waals surface area contributed by atoms with Crippen LogP contribution in [-0.4, -0.2) is 24.6 Å². The minimum absolute atomic E-state index is 0.292. The standard InChI is InChI=1S/C13H15ClF3NO/c14-9-12(5-7-19-8-6-12)18-11-3-1-10(2-4-11)13(15,16)17/h1-4,18H,5-9H2. The molecule has 0 unspecified atom stereocenters. The fourth-order valence-electron chi connectivity index (χ4n) is 2.10. The average Bonchev–Trinajstić information content (AvgIpc) is 2.39. The van der Waals surface area contributed by atoms with E-state index in [1.807, 2.05) is 0 Å². The first-order valence-electron chi connectivity index (χ1n) is 6.04. The number of anilines is 1. The fraction of sp³-hybridized carbons (Fsp3) is 0.538. The third kappa shape index (κ3) is 3.54. The molecule has 0 atom stereocenters. The number of alkyl halides is 4. The predicted octanol–water partition coefficient (Wildman–Crippen LogP) is 3.91. The van der Waals surface area contributed by atoms with Crippen molar-refractivity contribution in [1.82, 2.24) is 0 Å². The van der Waals surface area contributed by atoms with E-state index in [1.165, 1.54) is 12.1 Å². The number of nitrogens with one attached hydrogen (secondary N) is 1. The molecule has 1 aromatic carbocycles. The summed E-state index contributed by atoms with van der Waals surface area (Å²) in [7, 11) is 0. The summed E-state index contributed by atoms with van der Waals surface area (Å²) in [6.07, 6.45) is -2.81. The predicted molar refractivity (Wildman–Crippen MR) is 68.6 cm³/mol. The number of ether oxygens (including phenoxy) is 1. The summed E-state index contributed by atoms with van der Waals surface area (Å²) in [6.45, 7) is 1.22. The van der Waals surface area contributed by atoms with Crippen molar-refractivity contribution in [3.8, 4) is 0 Å². The Morgan fingerprint density at radius 3 is 2.21 bits per heavy atom. The van der Waals surface area contributed by atoms with Crippen molar-refractivity contribution in [3.05, 3.63) is 29.8 Å². The molecule has 2 rings (SSSR count). The van der Waals surface area contributed by atoms with Gasteiger partial charge in [0.25, 0.3) is 0 Å². The Kier molecular flexibility index (Phi) is 4.26. The number of halogens is 4. The van der Waals surface area contributed by atoms with Crippen molar-refractivity contribution in [2.75, 3.05) is 24.4 Å². The van der Waals surface area contributed by atoms with E-state index in [2.05, 4.69) is 5.32 Å². The smallest absolute Gasteiger partial charge is 0.381 e. The highest BCUT2D eigenvalue weighted by atomic mass is 35.5. The molecule has 0 spiro atoms. The van der Waals surface area contributed by atoms with E-state index in [0.29, 0.717) is 24.8 Å². The topological polar surface area (TPSA) is 21.3 Å². The molecule has 106 valence electrons. The van der Waals surface area contributed by atoms with E-state index in [9.17, 15) is 13.2 Å². The van der Waals surface area contributed by atoms with Crippen molar-refractivity contribution >= 4 is 17.3 Å². The molecule has 1 saturated heterocycles. The second-order valence-corrected chi connectivity index (χ2v) is 4.99. The van der Waals surface area contributed by atoms with Crippen LogP contribution in [0.3, 0.4) is 0 Å². The van der Waals surface area contributed by atoms with Crippen LogP contribution >= 0.6 is 11.6 Å². The highest BCUT2D eigenvalue weighted by molar-refractivity contribution is 6.18. The molecular formula is C13H15ClF3NO. The van der Waals surface area contributed by atoms with Crippen LogP contribution in [0.1, 0.15) is 18.4 Å². The molecule has 0 saturated carbocycles. The van der Waals surface area contributed by atoms with Gasteiger partial charge in [-0.1, -0.05) is 0 Å². The Morgan fingerprint density at radius 1 is 1.16 bits per heavy atom. The molecule has 1 aliphatic heterocycles. The van der Waals surface area contributed by atoms with E-state index < -0.39 is 11.7 Å². The van der Waals surface area contributed by atoms with Gasteiger partial charge in [0.15, 0.2) is 0 Å². The zero-order valence-corrected chi connectivity index (χ0v) is 11.0. The Balaban J connectivity index is 2.10. The van der Waals surface area contributed by atoms with Gasteiger partial charge >= 0.3 is 6.18 Å². The van der Waals surface area contributed by atoms with Crippen molar-refractivity contribution in [1.29, 1.82) is 0 Å². The fourth-order valence-corrected chi connectivity index (χ4v) is 2.44. The highest BCUT2D eigenvalue weighted by Crippen LogP contribution is 2.32. The average molecular weight is 294 g/mol. The lowest BCUT2D eigenvalue weighted by molar-refractivity contribution is -0.137. The molecule has 19 heavy (non-hydrogen) atoms. The first-order valence-corrected chi connectivity index (χ1v) is 6.58. The minimum Gasteiger partial charge on any atom is -0.381 e. The molecule has 0 aliphatic carbocycles. The molecule has 2 nitrogen and oxygen atoms in total. The van der Waals surface area contributed by atoms with Crippen molar-refractivity contribution < 1.29 is 17.9 Å². The molecule has 6 heteroatoms. The summed E-state index contributed by atoms with van der Waals surface area (Å²) in [6, 6.07) is 5.02. The summed E-state index contributed by atoms with van der Waals surface area (Å²) >= 11 is 5.99. The third-order valence-electron chi connectivity index (χ3n) is 3.33. The van der Waals surface area contributed by atoms with Crippen LogP contribution < -0.4 is 5.32 Å². The summed E-state index contributed by atoms with van der Waals surface area (Å²) in [5.41, 5.74) is -0.292. The first-order chi connectivity index (χ1) is 8.95. The van der Waals surface area contributed by atoms with Crippen LogP contribution in [0.25, 0.3) is 0 Å². The van der Waals surface area contributed by atoms with Gasteiger partial charge < -0.3 is 10.1 Å². The largest absolute Gasteiger partial charge is 0.416 e. The van der Waals surface area contributed by atoms with E-state index in [1.54, 1.807) is 0 Å². The van der Waals surface area contributed by atoms with E-state index in [-0.39, 0.29) is 5.54 Å². The van der Waals surface area contributed by atoms with Gasteiger partial charge in [0, 0.05) is 24.8 Å². The highest BCUT2D eigenvalue weighted by Gasteiger charge is 2.33. The maximum atomic E-state index is 12.5. The second kappa shape index (κ2) is 5.59. The Morgan fingerprint density at radius 2 is 1.74 bits per heavy atom. The first kappa shape index (κ1) is 14.5. The lowest BCUT2D eigenvalue weighted by Crippen LogP contribution is -2.45. The third-order valence-corrected chi connectivity index (χ3v) is 3.84. The minimum atomic E-state index is -4.30. The van der Waals surface area contributed by atoms with Crippen LogP contribution in [0.5, 0.6) is 0 Å². The molecule has 1 aliphatic rings. The van der Waals surface area contributed by atoms with Gasteiger partial charge in [-0.3, -0.25) is 0 Å². The quantitative estimate of drug-likeness (QED) is 0.853. The summed E-state index contributed by atoms with van der Waals surface area (Å²) in [5.74, 6) is 0.400. The van der Waals surface area contributed by atoms with E-state index in [4.69, 9.17) is 16.3 Å². The number of hydrogen-bond acceptors (Lipinski definition) is 2. The van der Waals surface area contributed by atoms with Gasteiger partial charge in [0.2, 0.25) is 0 Å². The summed E-state index contributed by atoms with van der Waals surface area (Å²) in [5, 5.41) is 3.24. The van der Waals surface area contributed by atoms with Crippen molar-refractivity contribution in [2.45, 2.75) is 24.6 Å². The summed E-state index contributed by atoms with van der Waals surface area (Å²) < 4.78 is 42.7. The Hall–Kier alpha value is -0.940. The Bertz CT molecular complexity index is 413. The van der Waals surface area contributed by atoms with Gasteiger partial charge in [0.05, 0.1) is 11.1 Å². The van der Waals surface area contributed by atoms with Gasteiger partial charge in [0.1, 0.15) is 0 Å². The van der Waals surface area contributed by atoms with Crippen LogP contribution in [0.2, 0.25) is 0 Å². The second-order valence-electron chi connectivity index (χ2n) is 4.73. The lowest BCUT2D eigenvalue weighted by atomic mass is 9.92. The molecule has 0 radical (unpaired) electrons. The van der Waals surface area contributed by atoms with Crippen LogP contribution in [0, 0.1) is 0 Å². The summed E-state index contributed by atoms with van der Waals surface area (Å²) in [4.78, 5) is 0. The number of hydrogen-bond donors (Lipinski definition) is 1. The SMILES string of the molecule is FC(F)(F)c1ccc(NC2(CCl)CCOCC2)cc1. The maximum Gasteiger partial charge on any atom is 0.416 e. The van der Waals surface area contributed by atoms with Crippen molar-refractivity contribution in [3.63, 3.8) is 0 Å². The van der Waals surface area contributed by atoms with E-state index >= 15 is 0 Å². The molecule has 1 N–H and O–H groups in total. The van der Waals surface area contributed by atoms with Gasteiger partial charge in [-0.15, -0.1) is 11.6 Å². The molecule has 0 bridgehead atoms. The van der Waals surface area contributed by atoms with Gasteiger partial charge in [-0.2, -0.15) is 13.2 Å². The maximum absolute atomic E-state index is 12.5. The van der Waals surface area contributed by atoms with Crippen molar-refractivity contribution in [2.24, 2.45) is 0 Å². The monoisotopic (exact) mass is 293 g/mol. The molecule has 1 heterocycles. The molecule has 0 aromatic heterocycles. The molecule has 1 aromatic rings. The molecular weight excluding hydrogens is 279 g/mol. The normalized spacial score (nSPS) is 19.2. The van der Waals surface area contributed by atoms with Crippen LogP contribution in [0.15, 0.2) is 24.3 Å². The van der Waals surface area contributed by atoms with Gasteiger partial charge in [-0.05, 0) is 37.1 Å². The zero-order valence-electron chi connectivity index (χ0n) is 10.3. The van der Waals surface area contributed by atoms with Crippen LogP contribution in [-0.2, 0) is 10.9 Å². The Labute approximate surface area is 114 Å².